The summed E-state index contributed by atoms with van der Waals surface area (Å²) in [6, 6.07) is 0. The first-order valence-electron chi connectivity index (χ1n) is 7.93. The highest BCUT2D eigenvalue weighted by Crippen LogP contribution is 2.27. The maximum Gasteiger partial charge on any atom is 0.334 e. The van der Waals surface area contributed by atoms with Crippen LogP contribution in [0, 0.1) is 11.8 Å². The molecule has 124 valence electrons. The predicted octanol–water partition coefficient (Wildman–Crippen LogP) is 3.99. The van der Waals surface area contributed by atoms with Crippen LogP contribution in [0.25, 0.3) is 0 Å². The Kier molecular flexibility index (Phi) is 7.56. The normalized spacial score (nSPS) is 23.3. The molecule has 0 aromatic carbocycles. The van der Waals surface area contributed by atoms with E-state index in [1.165, 1.54) is 0 Å². The summed E-state index contributed by atoms with van der Waals surface area (Å²) in [5.74, 6) is 0.201. The molecule has 0 spiro atoms. The molecular weight excluding hydrogens is 280 g/mol. The van der Waals surface area contributed by atoms with E-state index in [2.05, 4.69) is 13.8 Å². The van der Waals surface area contributed by atoms with Crippen molar-refractivity contribution in [2.45, 2.75) is 54.1 Å². The van der Waals surface area contributed by atoms with Gasteiger partial charge >= 0.3 is 5.97 Å². The molecule has 0 aromatic heterocycles. The van der Waals surface area contributed by atoms with Crippen LogP contribution in [0.15, 0.2) is 35.5 Å². The first-order valence-corrected chi connectivity index (χ1v) is 7.93. The van der Waals surface area contributed by atoms with Gasteiger partial charge in [-0.3, -0.25) is 0 Å². The number of rotatable bonds is 7. The summed E-state index contributed by atoms with van der Waals surface area (Å²) in [6.45, 7) is 12.2. The standard InChI is InChI=1S/C18H28O4/c1-7-20-17(19)15(12(2)3)10-8-9-11-16(13(4)5)18-21-14(6)22-18/h8-14,18H,7H2,1-6H3/b9-8+,15-10+,16-11+. The van der Waals surface area contributed by atoms with E-state index in [4.69, 9.17) is 14.2 Å². The molecule has 1 rings (SSSR count). The number of hydrogen-bond donors (Lipinski definition) is 0. The summed E-state index contributed by atoms with van der Waals surface area (Å²) < 4.78 is 16.1. The largest absolute Gasteiger partial charge is 0.463 e. The number of hydrogen-bond acceptors (Lipinski definition) is 4. The van der Waals surface area contributed by atoms with Crippen molar-refractivity contribution in [1.82, 2.24) is 0 Å². The molecule has 0 unspecified atom stereocenters. The van der Waals surface area contributed by atoms with Gasteiger partial charge in [0, 0.05) is 5.57 Å². The zero-order valence-corrected chi connectivity index (χ0v) is 14.5. The molecule has 0 N–H and O–H groups in total. The summed E-state index contributed by atoms with van der Waals surface area (Å²) in [7, 11) is 0. The Bertz CT molecular complexity index is 452. The summed E-state index contributed by atoms with van der Waals surface area (Å²) in [5.41, 5.74) is 1.76. The molecule has 4 nitrogen and oxygen atoms in total. The highest BCUT2D eigenvalue weighted by molar-refractivity contribution is 5.89. The van der Waals surface area contributed by atoms with Crippen LogP contribution in [0.1, 0.15) is 41.5 Å². The third kappa shape index (κ3) is 5.43. The van der Waals surface area contributed by atoms with Gasteiger partial charge in [0.1, 0.15) is 0 Å². The molecule has 1 aliphatic heterocycles. The van der Waals surface area contributed by atoms with Gasteiger partial charge in [0.2, 0.25) is 0 Å². The minimum absolute atomic E-state index is 0.122. The quantitative estimate of drug-likeness (QED) is 0.405. The SMILES string of the molecule is CCOC(=O)/C(=C/C=C/C=C(\C(C)C)C1OC(C)O1)C(C)C. The van der Waals surface area contributed by atoms with Crippen LogP contribution in [-0.2, 0) is 19.0 Å². The highest BCUT2D eigenvalue weighted by Gasteiger charge is 2.31. The van der Waals surface area contributed by atoms with E-state index in [0.29, 0.717) is 18.1 Å². The zero-order valence-electron chi connectivity index (χ0n) is 14.5. The molecule has 1 aliphatic rings. The average Bonchev–Trinajstić information content (AvgIpc) is 2.39. The van der Waals surface area contributed by atoms with Crippen LogP contribution in [0.4, 0.5) is 0 Å². The first kappa shape index (κ1) is 18.7. The Labute approximate surface area is 133 Å². The van der Waals surface area contributed by atoms with Crippen molar-refractivity contribution in [3.05, 3.63) is 35.5 Å². The molecule has 0 aromatic rings. The second kappa shape index (κ2) is 8.91. The Morgan fingerprint density at radius 2 is 1.68 bits per heavy atom. The van der Waals surface area contributed by atoms with Crippen molar-refractivity contribution in [1.29, 1.82) is 0 Å². The Hall–Kier alpha value is -1.39. The second-order valence-corrected chi connectivity index (χ2v) is 5.88. The molecule has 4 heteroatoms. The van der Waals surface area contributed by atoms with E-state index in [0.717, 1.165) is 5.57 Å². The van der Waals surface area contributed by atoms with Crippen LogP contribution in [0.2, 0.25) is 0 Å². The lowest BCUT2D eigenvalue weighted by atomic mass is 10.0. The van der Waals surface area contributed by atoms with Crippen LogP contribution < -0.4 is 0 Å². The fourth-order valence-electron chi connectivity index (χ4n) is 2.10. The van der Waals surface area contributed by atoms with Crippen molar-refractivity contribution in [2.75, 3.05) is 6.61 Å². The van der Waals surface area contributed by atoms with Crippen LogP contribution in [-0.4, -0.2) is 25.2 Å². The molecule has 0 aliphatic carbocycles. The van der Waals surface area contributed by atoms with Gasteiger partial charge in [-0.05, 0) is 31.3 Å². The van der Waals surface area contributed by atoms with Crippen LogP contribution in [0.5, 0.6) is 0 Å². The molecule has 1 saturated heterocycles. The van der Waals surface area contributed by atoms with Gasteiger partial charge in [0.25, 0.3) is 0 Å². The van der Waals surface area contributed by atoms with Crippen LogP contribution >= 0.6 is 0 Å². The lowest BCUT2D eigenvalue weighted by molar-refractivity contribution is -0.360. The topological polar surface area (TPSA) is 44.8 Å². The highest BCUT2D eigenvalue weighted by atomic mass is 16.9. The average molecular weight is 308 g/mol. The number of carbonyl (C=O) groups is 1. The summed E-state index contributed by atoms with van der Waals surface area (Å²) in [4.78, 5) is 11.8. The van der Waals surface area contributed by atoms with E-state index in [1.807, 2.05) is 52.0 Å². The van der Waals surface area contributed by atoms with Crippen molar-refractivity contribution >= 4 is 5.97 Å². The number of carbonyl (C=O) groups excluding carboxylic acids is 1. The maximum atomic E-state index is 11.8. The molecule has 0 amide bonds. The molecule has 0 bridgehead atoms. The molecular formula is C18H28O4. The lowest BCUT2D eigenvalue weighted by Gasteiger charge is -2.36. The minimum atomic E-state index is -0.255. The molecule has 0 saturated carbocycles. The third-order valence-corrected chi connectivity index (χ3v) is 3.38. The van der Waals surface area contributed by atoms with E-state index in [-0.39, 0.29) is 24.5 Å². The third-order valence-electron chi connectivity index (χ3n) is 3.38. The van der Waals surface area contributed by atoms with Gasteiger partial charge in [-0.1, -0.05) is 52.0 Å². The minimum Gasteiger partial charge on any atom is -0.463 e. The van der Waals surface area contributed by atoms with Gasteiger partial charge in [-0.2, -0.15) is 0 Å². The molecule has 22 heavy (non-hydrogen) atoms. The van der Waals surface area contributed by atoms with E-state index < -0.39 is 0 Å². The lowest BCUT2D eigenvalue weighted by Crippen LogP contribution is -2.41. The Morgan fingerprint density at radius 3 is 2.14 bits per heavy atom. The number of allylic oxidation sites excluding steroid dienone is 4. The van der Waals surface area contributed by atoms with Gasteiger partial charge in [0.05, 0.1) is 6.61 Å². The second-order valence-electron chi connectivity index (χ2n) is 5.88. The fourth-order valence-corrected chi connectivity index (χ4v) is 2.10. The van der Waals surface area contributed by atoms with E-state index >= 15 is 0 Å². The fraction of sp³-hybridized carbons (Fsp3) is 0.611. The van der Waals surface area contributed by atoms with Gasteiger partial charge in [-0.15, -0.1) is 0 Å². The van der Waals surface area contributed by atoms with Crippen molar-refractivity contribution in [3.63, 3.8) is 0 Å². The van der Waals surface area contributed by atoms with E-state index in [9.17, 15) is 4.79 Å². The molecule has 1 fully saturated rings. The monoisotopic (exact) mass is 308 g/mol. The molecule has 0 radical (unpaired) electrons. The summed E-state index contributed by atoms with van der Waals surface area (Å²) >= 11 is 0. The smallest absolute Gasteiger partial charge is 0.334 e. The summed E-state index contributed by atoms with van der Waals surface area (Å²) in [6.07, 6.45) is 7.18. The van der Waals surface area contributed by atoms with E-state index in [1.54, 1.807) is 0 Å². The summed E-state index contributed by atoms with van der Waals surface area (Å²) in [5, 5.41) is 0. The van der Waals surface area contributed by atoms with Crippen molar-refractivity contribution < 1.29 is 19.0 Å². The van der Waals surface area contributed by atoms with Crippen molar-refractivity contribution in [3.8, 4) is 0 Å². The van der Waals surface area contributed by atoms with Crippen LogP contribution in [0.3, 0.4) is 0 Å². The van der Waals surface area contributed by atoms with Gasteiger partial charge in [-0.25, -0.2) is 4.79 Å². The molecule has 0 atom stereocenters. The van der Waals surface area contributed by atoms with Gasteiger partial charge in [0.15, 0.2) is 12.6 Å². The van der Waals surface area contributed by atoms with Gasteiger partial charge < -0.3 is 14.2 Å². The van der Waals surface area contributed by atoms with Crippen molar-refractivity contribution in [2.24, 2.45) is 11.8 Å². The Morgan fingerprint density at radius 1 is 1.09 bits per heavy atom. The zero-order chi connectivity index (χ0) is 16.7. The maximum absolute atomic E-state index is 11.8. The Balaban J connectivity index is 2.76. The predicted molar refractivity (Wildman–Crippen MR) is 87.0 cm³/mol. The number of esters is 1. The molecule has 1 heterocycles. The number of ether oxygens (including phenoxy) is 3. The first-order chi connectivity index (χ1) is 10.4.